The fraction of sp³-hybridized carbons (Fsp3) is 0.588. The first-order chi connectivity index (χ1) is 9.93. The molecule has 2 rings (SSSR count). The fourth-order valence-electron chi connectivity index (χ4n) is 3.18. The first kappa shape index (κ1) is 16.0. The van der Waals surface area contributed by atoms with Gasteiger partial charge >= 0.3 is 0 Å². The quantitative estimate of drug-likeness (QED) is 0.872. The number of carbonyl (C=O) groups excluding carboxylic acids is 1. The summed E-state index contributed by atoms with van der Waals surface area (Å²) in [7, 11) is 1.76. The number of benzene rings is 1. The molecule has 116 valence electrons. The van der Waals surface area contributed by atoms with E-state index < -0.39 is 5.60 Å². The summed E-state index contributed by atoms with van der Waals surface area (Å²) >= 11 is 0. The van der Waals surface area contributed by atoms with Gasteiger partial charge in [-0.15, -0.1) is 0 Å². The summed E-state index contributed by atoms with van der Waals surface area (Å²) in [6.07, 6.45) is 3.64. The van der Waals surface area contributed by atoms with E-state index in [2.05, 4.69) is 0 Å². The smallest absolute Gasteiger partial charge is 0.227 e. The number of hydrogen-bond acceptors (Lipinski definition) is 3. The lowest BCUT2D eigenvalue weighted by Gasteiger charge is -2.31. The van der Waals surface area contributed by atoms with Crippen LogP contribution < -0.4 is 5.73 Å². The molecule has 1 amide bonds. The molecule has 1 aliphatic rings. The van der Waals surface area contributed by atoms with E-state index in [9.17, 15) is 9.90 Å². The second-order valence-corrected chi connectivity index (χ2v) is 6.35. The van der Waals surface area contributed by atoms with Crippen LogP contribution in [0, 0.1) is 5.92 Å². The van der Waals surface area contributed by atoms with Crippen molar-refractivity contribution in [2.24, 2.45) is 11.7 Å². The van der Waals surface area contributed by atoms with Crippen LogP contribution in [0.1, 0.15) is 44.2 Å². The van der Waals surface area contributed by atoms with E-state index in [1.54, 1.807) is 11.9 Å². The van der Waals surface area contributed by atoms with Crippen molar-refractivity contribution in [3.8, 4) is 0 Å². The zero-order chi connectivity index (χ0) is 15.5. The van der Waals surface area contributed by atoms with Gasteiger partial charge in [-0.1, -0.05) is 50.1 Å². The highest BCUT2D eigenvalue weighted by atomic mass is 16.3. The van der Waals surface area contributed by atoms with Gasteiger partial charge in [-0.3, -0.25) is 4.79 Å². The topological polar surface area (TPSA) is 66.6 Å². The average Bonchev–Trinajstić information content (AvgIpc) is 2.92. The molecular weight excluding hydrogens is 264 g/mol. The number of carbonyl (C=O) groups is 1. The summed E-state index contributed by atoms with van der Waals surface area (Å²) in [5.41, 5.74) is 6.47. The van der Waals surface area contributed by atoms with Crippen molar-refractivity contribution < 1.29 is 9.90 Å². The summed E-state index contributed by atoms with van der Waals surface area (Å²) in [6, 6.07) is 9.36. The number of likely N-dealkylation sites (N-methyl/N-ethyl adjacent to an activating group) is 1. The predicted molar refractivity (Wildman–Crippen MR) is 83.6 cm³/mol. The van der Waals surface area contributed by atoms with Crippen LogP contribution in [-0.2, 0) is 4.79 Å². The molecule has 0 heterocycles. The van der Waals surface area contributed by atoms with Crippen molar-refractivity contribution >= 4 is 5.91 Å². The Morgan fingerprint density at radius 2 is 1.90 bits per heavy atom. The van der Waals surface area contributed by atoms with Crippen LogP contribution >= 0.6 is 0 Å². The number of nitrogens with zero attached hydrogens (tertiary/aromatic N) is 1. The third-order valence-electron chi connectivity index (χ3n) is 4.55. The minimum absolute atomic E-state index is 0.00771. The number of aliphatic hydroxyl groups is 1. The predicted octanol–water partition coefficient (Wildman–Crippen LogP) is 2.09. The lowest BCUT2D eigenvalue weighted by Crippen LogP contribution is -2.45. The zero-order valence-corrected chi connectivity index (χ0v) is 13.0. The van der Waals surface area contributed by atoms with Crippen LogP contribution in [0.5, 0.6) is 0 Å². The molecular formula is C17H26N2O2. The number of rotatable bonds is 5. The minimum atomic E-state index is -0.707. The van der Waals surface area contributed by atoms with Crippen LogP contribution in [0.2, 0.25) is 0 Å². The molecule has 3 N–H and O–H groups in total. The van der Waals surface area contributed by atoms with Gasteiger partial charge in [0, 0.05) is 19.6 Å². The average molecular weight is 290 g/mol. The van der Waals surface area contributed by atoms with Crippen LogP contribution in [-0.4, -0.2) is 35.1 Å². The Bertz CT molecular complexity index is 469. The SMILES string of the molecule is CC(C(=O)N(C)CC1(O)CCCC1)C(N)c1ccccc1. The highest BCUT2D eigenvalue weighted by Crippen LogP contribution is 2.30. The molecule has 0 radical (unpaired) electrons. The first-order valence-corrected chi connectivity index (χ1v) is 7.71. The molecule has 4 heteroatoms. The van der Waals surface area contributed by atoms with Gasteiger partial charge in [0.2, 0.25) is 5.91 Å². The van der Waals surface area contributed by atoms with E-state index in [1.807, 2.05) is 37.3 Å². The molecule has 0 spiro atoms. The maximum Gasteiger partial charge on any atom is 0.227 e. The molecule has 1 saturated carbocycles. The van der Waals surface area contributed by atoms with Crippen LogP contribution in [0.3, 0.4) is 0 Å². The van der Waals surface area contributed by atoms with Gasteiger partial charge in [0.1, 0.15) is 0 Å². The zero-order valence-electron chi connectivity index (χ0n) is 13.0. The van der Waals surface area contributed by atoms with Gasteiger partial charge in [0.05, 0.1) is 11.5 Å². The van der Waals surface area contributed by atoms with Gasteiger partial charge in [-0.05, 0) is 18.4 Å². The Hall–Kier alpha value is -1.39. The second kappa shape index (κ2) is 6.58. The number of hydrogen-bond donors (Lipinski definition) is 2. The highest BCUT2D eigenvalue weighted by Gasteiger charge is 2.35. The first-order valence-electron chi connectivity index (χ1n) is 7.71. The molecule has 21 heavy (non-hydrogen) atoms. The van der Waals surface area contributed by atoms with Crippen molar-refractivity contribution in [3.05, 3.63) is 35.9 Å². The molecule has 1 fully saturated rings. The Labute approximate surface area is 126 Å². The van der Waals surface area contributed by atoms with Crippen molar-refractivity contribution in [3.63, 3.8) is 0 Å². The van der Waals surface area contributed by atoms with Crippen molar-refractivity contribution in [1.29, 1.82) is 0 Å². The molecule has 0 saturated heterocycles. The fourth-order valence-corrected chi connectivity index (χ4v) is 3.18. The molecule has 0 bridgehead atoms. The summed E-state index contributed by atoms with van der Waals surface area (Å²) in [4.78, 5) is 14.2. The lowest BCUT2D eigenvalue weighted by molar-refractivity contribution is -0.137. The molecule has 1 aromatic carbocycles. The maximum atomic E-state index is 12.5. The third kappa shape index (κ3) is 3.83. The van der Waals surface area contributed by atoms with Gasteiger partial charge in [0.25, 0.3) is 0 Å². The Morgan fingerprint density at radius 3 is 2.48 bits per heavy atom. The second-order valence-electron chi connectivity index (χ2n) is 6.35. The molecule has 1 aliphatic carbocycles. The van der Waals surface area contributed by atoms with E-state index in [4.69, 9.17) is 5.73 Å². The summed E-state index contributed by atoms with van der Waals surface area (Å²) < 4.78 is 0. The summed E-state index contributed by atoms with van der Waals surface area (Å²) in [5, 5.41) is 10.4. The van der Waals surface area contributed by atoms with Gasteiger partial charge in [-0.2, -0.15) is 0 Å². The Morgan fingerprint density at radius 1 is 1.33 bits per heavy atom. The minimum Gasteiger partial charge on any atom is -0.388 e. The molecule has 0 aromatic heterocycles. The Balaban J connectivity index is 1.98. The molecule has 4 nitrogen and oxygen atoms in total. The van der Waals surface area contributed by atoms with Crippen LogP contribution in [0.25, 0.3) is 0 Å². The van der Waals surface area contributed by atoms with Crippen LogP contribution in [0.15, 0.2) is 30.3 Å². The molecule has 0 aliphatic heterocycles. The van der Waals surface area contributed by atoms with E-state index in [0.717, 1.165) is 31.2 Å². The van der Waals surface area contributed by atoms with Crippen LogP contribution in [0.4, 0.5) is 0 Å². The monoisotopic (exact) mass is 290 g/mol. The molecule has 2 unspecified atom stereocenters. The maximum absolute atomic E-state index is 12.5. The largest absolute Gasteiger partial charge is 0.388 e. The van der Waals surface area contributed by atoms with Crippen molar-refractivity contribution in [2.75, 3.05) is 13.6 Å². The molecule has 2 atom stereocenters. The molecule has 1 aromatic rings. The standard InChI is InChI=1S/C17H26N2O2/c1-13(15(18)14-8-4-3-5-9-14)16(20)19(2)12-17(21)10-6-7-11-17/h3-5,8-9,13,15,21H,6-7,10-12,18H2,1-2H3. The van der Waals surface area contributed by atoms with E-state index in [-0.39, 0.29) is 17.9 Å². The van der Waals surface area contributed by atoms with Crippen molar-refractivity contribution in [1.82, 2.24) is 4.90 Å². The van der Waals surface area contributed by atoms with E-state index in [0.29, 0.717) is 6.54 Å². The van der Waals surface area contributed by atoms with E-state index >= 15 is 0 Å². The highest BCUT2D eigenvalue weighted by molar-refractivity contribution is 5.79. The van der Waals surface area contributed by atoms with Gasteiger partial charge in [-0.25, -0.2) is 0 Å². The third-order valence-corrected chi connectivity index (χ3v) is 4.55. The van der Waals surface area contributed by atoms with Crippen molar-refractivity contribution in [2.45, 2.75) is 44.2 Å². The lowest BCUT2D eigenvalue weighted by atomic mass is 9.93. The van der Waals surface area contributed by atoms with Gasteiger partial charge < -0.3 is 15.7 Å². The number of amides is 1. The Kier molecular flexibility index (Phi) is 5.01. The summed E-state index contributed by atoms with van der Waals surface area (Å²) in [5.74, 6) is -0.311. The summed E-state index contributed by atoms with van der Waals surface area (Å²) in [6.45, 7) is 2.26. The number of nitrogens with two attached hydrogens (primary N) is 1. The normalized spacial score (nSPS) is 20.0. The van der Waals surface area contributed by atoms with E-state index in [1.165, 1.54) is 0 Å². The van der Waals surface area contributed by atoms with Gasteiger partial charge in [0.15, 0.2) is 0 Å².